The van der Waals surface area contributed by atoms with Crippen molar-refractivity contribution in [2.75, 3.05) is 6.54 Å². The third-order valence-electron chi connectivity index (χ3n) is 4.83. The van der Waals surface area contributed by atoms with Gasteiger partial charge in [-0.25, -0.2) is 4.79 Å². The van der Waals surface area contributed by atoms with E-state index in [-0.39, 0.29) is 11.4 Å². The molecular formula is C19H19NO3S. The van der Waals surface area contributed by atoms with Crippen molar-refractivity contribution < 1.29 is 9.52 Å². The van der Waals surface area contributed by atoms with Crippen molar-refractivity contribution in [3.63, 3.8) is 0 Å². The molecule has 0 unspecified atom stereocenters. The van der Waals surface area contributed by atoms with Crippen LogP contribution in [-0.2, 0) is 6.54 Å². The van der Waals surface area contributed by atoms with Crippen molar-refractivity contribution in [2.24, 2.45) is 0 Å². The monoisotopic (exact) mass is 341 g/mol. The van der Waals surface area contributed by atoms with Crippen molar-refractivity contribution in [1.82, 2.24) is 4.90 Å². The molecule has 0 spiro atoms. The molecular weight excluding hydrogens is 322 g/mol. The highest BCUT2D eigenvalue weighted by Gasteiger charge is 2.27. The van der Waals surface area contributed by atoms with Gasteiger partial charge in [-0.05, 0) is 55.5 Å². The largest absolute Gasteiger partial charge is 0.508 e. The van der Waals surface area contributed by atoms with Crippen LogP contribution in [0, 0.1) is 6.92 Å². The van der Waals surface area contributed by atoms with Gasteiger partial charge in [0.25, 0.3) is 0 Å². The summed E-state index contributed by atoms with van der Waals surface area (Å²) >= 11 is 1.79. The molecule has 4 rings (SSSR count). The first-order chi connectivity index (χ1) is 11.6. The fraction of sp³-hybridized carbons (Fsp3) is 0.316. The molecule has 3 aromatic rings. The number of phenolic OH excluding ortho intramolecular Hbond substituents is 1. The van der Waals surface area contributed by atoms with Crippen LogP contribution in [0.5, 0.6) is 5.75 Å². The van der Waals surface area contributed by atoms with Gasteiger partial charge in [0.05, 0.1) is 0 Å². The van der Waals surface area contributed by atoms with Crippen molar-refractivity contribution >= 4 is 22.3 Å². The van der Waals surface area contributed by atoms with Crippen molar-refractivity contribution in [3.05, 3.63) is 62.1 Å². The van der Waals surface area contributed by atoms with E-state index < -0.39 is 0 Å². The minimum absolute atomic E-state index is 0.153. The highest BCUT2D eigenvalue weighted by molar-refractivity contribution is 7.10. The molecule has 1 saturated heterocycles. The summed E-state index contributed by atoms with van der Waals surface area (Å²) in [6.45, 7) is 3.52. The summed E-state index contributed by atoms with van der Waals surface area (Å²) in [7, 11) is 0. The van der Waals surface area contributed by atoms with E-state index in [0.29, 0.717) is 17.2 Å². The molecule has 1 aromatic carbocycles. The van der Waals surface area contributed by atoms with Gasteiger partial charge in [-0.1, -0.05) is 6.07 Å². The second kappa shape index (κ2) is 6.07. The van der Waals surface area contributed by atoms with Gasteiger partial charge in [0, 0.05) is 34.5 Å². The Morgan fingerprint density at radius 3 is 3.04 bits per heavy atom. The highest BCUT2D eigenvalue weighted by atomic mass is 32.1. The summed E-state index contributed by atoms with van der Waals surface area (Å²) in [6.07, 6.45) is 2.32. The third-order valence-corrected chi connectivity index (χ3v) is 5.80. The molecule has 24 heavy (non-hydrogen) atoms. The lowest BCUT2D eigenvalue weighted by atomic mass is 10.1. The van der Waals surface area contributed by atoms with Gasteiger partial charge in [0.15, 0.2) is 0 Å². The number of hydrogen-bond acceptors (Lipinski definition) is 5. The van der Waals surface area contributed by atoms with E-state index in [9.17, 15) is 9.90 Å². The van der Waals surface area contributed by atoms with E-state index in [1.165, 1.54) is 11.3 Å². The van der Waals surface area contributed by atoms with Gasteiger partial charge in [-0.2, -0.15) is 0 Å². The Kier molecular flexibility index (Phi) is 3.90. The van der Waals surface area contributed by atoms with Gasteiger partial charge < -0.3 is 9.52 Å². The van der Waals surface area contributed by atoms with Crippen molar-refractivity contribution in [2.45, 2.75) is 32.4 Å². The lowest BCUT2D eigenvalue weighted by Crippen LogP contribution is -2.23. The molecule has 1 aliphatic rings. The summed E-state index contributed by atoms with van der Waals surface area (Å²) in [5.41, 5.74) is 1.71. The molecule has 1 atom stereocenters. The molecule has 3 heterocycles. The van der Waals surface area contributed by atoms with E-state index in [1.54, 1.807) is 30.4 Å². The molecule has 4 nitrogen and oxygen atoms in total. The van der Waals surface area contributed by atoms with Gasteiger partial charge in [-0.3, -0.25) is 4.90 Å². The second-order valence-electron chi connectivity index (χ2n) is 6.32. The first kappa shape index (κ1) is 15.4. The molecule has 1 aliphatic heterocycles. The fourth-order valence-corrected chi connectivity index (χ4v) is 4.48. The van der Waals surface area contributed by atoms with Crippen LogP contribution in [0.1, 0.15) is 34.9 Å². The predicted octanol–water partition coefficient (Wildman–Crippen LogP) is 4.21. The molecule has 0 radical (unpaired) electrons. The van der Waals surface area contributed by atoms with E-state index >= 15 is 0 Å². The van der Waals surface area contributed by atoms with Gasteiger partial charge >= 0.3 is 5.63 Å². The number of aryl methyl sites for hydroxylation is 1. The van der Waals surface area contributed by atoms with Crippen LogP contribution in [0.25, 0.3) is 11.0 Å². The SMILES string of the molecule is Cc1c(O)ccc2c(CN3CCC[C@@H]3c3cccs3)cc(=O)oc12. The molecule has 2 aromatic heterocycles. The quantitative estimate of drug-likeness (QED) is 0.725. The number of benzene rings is 1. The number of phenols is 1. The molecule has 0 aliphatic carbocycles. The topological polar surface area (TPSA) is 53.7 Å². The molecule has 0 saturated carbocycles. The second-order valence-corrected chi connectivity index (χ2v) is 7.30. The van der Waals surface area contributed by atoms with Crippen molar-refractivity contribution in [1.29, 1.82) is 0 Å². The zero-order valence-corrected chi connectivity index (χ0v) is 14.3. The Balaban J connectivity index is 1.74. The number of thiophene rings is 1. The van der Waals surface area contributed by atoms with Crippen LogP contribution in [0.15, 0.2) is 44.9 Å². The van der Waals surface area contributed by atoms with E-state index in [1.807, 2.05) is 6.07 Å². The Bertz CT molecular complexity index is 930. The molecule has 0 bridgehead atoms. The Hall–Kier alpha value is -2.11. The van der Waals surface area contributed by atoms with Crippen LogP contribution in [-0.4, -0.2) is 16.6 Å². The Morgan fingerprint density at radius 1 is 1.38 bits per heavy atom. The Morgan fingerprint density at radius 2 is 2.25 bits per heavy atom. The third kappa shape index (κ3) is 2.64. The summed E-state index contributed by atoms with van der Waals surface area (Å²) in [4.78, 5) is 15.8. The summed E-state index contributed by atoms with van der Waals surface area (Å²) in [6, 6.07) is 9.80. The van der Waals surface area contributed by atoms with E-state index in [0.717, 1.165) is 30.5 Å². The zero-order valence-electron chi connectivity index (χ0n) is 13.5. The zero-order chi connectivity index (χ0) is 16.7. The standard InChI is InChI=1S/C19H19NO3S/c1-12-16(21)7-6-14-13(10-18(22)23-19(12)14)11-20-8-2-4-15(20)17-5-3-9-24-17/h3,5-7,9-10,15,21H,2,4,8,11H2,1H3/t15-/m1/s1. The van der Waals surface area contributed by atoms with Gasteiger partial charge in [0.2, 0.25) is 0 Å². The predicted molar refractivity (Wildman–Crippen MR) is 95.6 cm³/mol. The maximum absolute atomic E-state index is 12.0. The normalized spacial score (nSPS) is 18.5. The molecule has 5 heteroatoms. The molecule has 124 valence electrons. The van der Waals surface area contributed by atoms with Gasteiger partial charge in [0.1, 0.15) is 11.3 Å². The number of rotatable bonds is 3. The van der Waals surface area contributed by atoms with Crippen molar-refractivity contribution in [3.8, 4) is 5.75 Å². The summed E-state index contributed by atoms with van der Waals surface area (Å²) in [5, 5.41) is 12.9. The Labute approximate surface area is 144 Å². The van der Waals surface area contributed by atoms with E-state index in [2.05, 4.69) is 22.4 Å². The number of hydrogen-bond donors (Lipinski definition) is 1. The summed E-state index contributed by atoms with van der Waals surface area (Å²) < 4.78 is 5.35. The summed E-state index contributed by atoms with van der Waals surface area (Å²) in [5.74, 6) is 0.153. The van der Waals surface area contributed by atoms with Crippen LogP contribution in [0.3, 0.4) is 0 Å². The molecule has 1 fully saturated rings. The average molecular weight is 341 g/mol. The minimum Gasteiger partial charge on any atom is -0.508 e. The average Bonchev–Trinajstić information content (AvgIpc) is 3.22. The van der Waals surface area contributed by atoms with Gasteiger partial charge in [-0.15, -0.1) is 11.3 Å². The molecule has 0 amide bonds. The number of nitrogens with zero attached hydrogens (tertiary/aromatic N) is 1. The van der Waals surface area contributed by atoms with Crippen LogP contribution in [0.2, 0.25) is 0 Å². The maximum atomic E-state index is 12.0. The number of likely N-dealkylation sites (tertiary alicyclic amines) is 1. The maximum Gasteiger partial charge on any atom is 0.336 e. The smallest absolute Gasteiger partial charge is 0.336 e. The fourth-order valence-electron chi connectivity index (χ4n) is 3.58. The lowest BCUT2D eigenvalue weighted by molar-refractivity contribution is 0.252. The number of fused-ring (bicyclic) bond motifs is 1. The highest BCUT2D eigenvalue weighted by Crippen LogP contribution is 2.36. The van der Waals surface area contributed by atoms with Crippen LogP contribution < -0.4 is 5.63 Å². The minimum atomic E-state index is -0.363. The number of aromatic hydroxyl groups is 1. The van der Waals surface area contributed by atoms with Crippen LogP contribution in [0.4, 0.5) is 0 Å². The molecule has 1 N–H and O–H groups in total. The van der Waals surface area contributed by atoms with E-state index in [4.69, 9.17) is 4.42 Å². The van der Waals surface area contributed by atoms with Crippen LogP contribution >= 0.6 is 11.3 Å². The first-order valence-electron chi connectivity index (χ1n) is 8.16. The lowest BCUT2D eigenvalue weighted by Gasteiger charge is -2.24. The first-order valence-corrected chi connectivity index (χ1v) is 9.04.